The maximum atomic E-state index is 10.7. The van der Waals surface area contributed by atoms with Gasteiger partial charge in [-0.05, 0) is 12.0 Å². The van der Waals surface area contributed by atoms with Crippen molar-refractivity contribution in [1.82, 2.24) is 19.4 Å². The molecular formula is C10H17N5O2. The Morgan fingerprint density at radius 3 is 2.71 bits per heavy atom. The van der Waals surface area contributed by atoms with Crippen LogP contribution < -0.4 is 0 Å². The van der Waals surface area contributed by atoms with Gasteiger partial charge < -0.3 is 15.0 Å². The summed E-state index contributed by atoms with van der Waals surface area (Å²) < 4.78 is 1.60. The van der Waals surface area contributed by atoms with Crippen LogP contribution in [-0.2, 0) is 6.54 Å². The summed E-state index contributed by atoms with van der Waals surface area (Å²) in [5.41, 5.74) is 0. The lowest BCUT2D eigenvalue weighted by molar-refractivity contribution is -0.392. The van der Waals surface area contributed by atoms with Crippen molar-refractivity contribution < 1.29 is 4.92 Å². The van der Waals surface area contributed by atoms with E-state index >= 15 is 0 Å². The van der Waals surface area contributed by atoms with Crippen LogP contribution in [0.2, 0.25) is 0 Å². The minimum Gasteiger partial charge on any atom is -0.358 e. The fourth-order valence-electron chi connectivity index (χ4n) is 1.96. The maximum Gasteiger partial charge on any atom is 0.342 e. The first kappa shape index (κ1) is 12.0. The van der Waals surface area contributed by atoms with E-state index < -0.39 is 4.92 Å². The van der Waals surface area contributed by atoms with E-state index in [1.54, 1.807) is 4.57 Å². The summed E-state index contributed by atoms with van der Waals surface area (Å²) in [6.45, 7) is 5.64. The maximum absolute atomic E-state index is 10.7. The second-order valence-corrected chi connectivity index (χ2v) is 4.35. The summed E-state index contributed by atoms with van der Waals surface area (Å²) in [6, 6.07) is 0. The highest BCUT2D eigenvalue weighted by molar-refractivity contribution is 5.14. The van der Waals surface area contributed by atoms with Crippen LogP contribution in [0, 0.1) is 10.1 Å². The molecule has 0 amide bonds. The summed E-state index contributed by atoms with van der Waals surface area (Å²) in [5.74, 6) is 0.0686. The van der Waals surface area contributed by atoms with Gasteiger partial charge in [0.25, 0.3) is 0 Å². The van der Waals surface area contributed by atoms with Crippen LogP contribution in [0.4, 0.5) is 5.82 Å². The molecule has 0 atom stereocenters. The van der Waals surface area contributed by atoms with Gasteiger partial charge in [0, 0.05) is 32.7 Å². The molecule has 0 radical (unpaired) electrons. The second-order valence-electron chi connectivity index (χ2n) is 4.35. The van der Waals surface area contributed by atoms with E-state index in [9.17, 15) is 10.1 Å². The minimum absolute atomic E-state index is 0.0686. The predicted molar refractivity (Wildman–Crippen MR) is 62.8 cm³/mol. The van der Waals surface area contributed by atoms with E-state index in [4.69, 9.17) is 0 Å². The molecule has 94 valence electrons. The Morgan fingerprint density at radius 2 is 2.06 bits per heavy atom. The molecule has 2 rings (SSSR count). The molecule has 1 aromatic rings. The Balaban J connectivity index is 1.85. The van der Waals surface area contributed by atoms with Gasteiger partial charge in [0.05, 0.1) is 0 Å². The molecule has 7 nitrogen and oxygen atoms in total. The molecule has 0 saturated carbocycles. The molecular weight excluding hydrogens is 222 g/mol. The third-order valence-electron chi connectivity index (χ3n) is 3.13. The number of nitrogens with zero attached hydrogens (tertiary/aromatic N) is 5. The molecule has 17 heavy (non-hydrogen) atoms. The standard InChI is InChI=1S/C10H17N5O2/c1-12-2-4-13(5-3-12)6-7-14-9-11-8-10(14)15(16)17/h8-9H,2-7H2,1H3. The van der Waals surface area contributed by atoms with Crippen molar-refractivity contribution in [1.29, 1.82) is 0 Å². The Morgan fingerprint density at radius 1 is 1.35 bits per heavy atom. The molecule has 7 heteroatoms. The van der Waals surface area contributed by atoms with Gasteiger partial charge in [-0.1, -0.05) is 0 Å². The van der Waals surface area contributed by atoms with E-state index in [-0.39, 0.29) is 5.82 Å². The van der Waals surface area contributed by atoms with E-state index in [1.165, 1.54) is 12.5 Å². The average molecular weight is 239 g/mol. The Bertz CT molecular complexity index is 384. The molecule has 1 fully saturated rings. The van der Waals surface area contributed by atoms with Gasteiger partial charge in [0.15, 0.2) is 6.33 Å². The van der Waals surface area contributed by atoms with Gasteiger partial charge in [-0.3, -0.25) is 4.90 Å². The molecule has 1 aliphatic heterocycles. The molecule has 0 spiro atoms. The first-order valence-corrected chi connectivity index (χ1v) is 5.72. The number of hydrogen-bond donors (Lipinski definition) is 0. The quantitative estimate of drug-likeness (QED) is 0.548. The van der Waals surface area contributed by atoms with Crippen LogP contribution in [0.1, 0.15) is 0 Å². The lowest BCUT2D eigenvalue weighted by Gasteiger charge is -2.31. The van der Waals surface area contributed by atoms with Crippen molar-refractivity contribution in [2.45, 2.75) is 6.54 Å². The Hall–Kier alpha value is -1.47. The van der Waals surface area contributed by atoms with Gasteiger partial charge in [0.2, 0.25) is 0 Å². The Kier molecular flexibility index (Phi) is 3.70. The number of rotatable bonds is 4. The van der Waals surface area contributed by atoms with Gasteiger partial charge in [-0.15, -0.1) is 0 Å². The van der Waals surface area contributed by atoms with E-state index in [0.29, 0.717) is 6.54 Å². The summed E-state index contributed by atoms with van der Waals surface area (Å²) in [4.78, 5) is 18.7. The third kappa shape index (κ3) is 3.01. The number of aromatic nitrogens is 2. The van der Waals surface area contributed by atoms with Gasteiger partial charge in [0.1, 0.15) is 12.7 Å². The number of likely N-dealkylation sites (N-methyl/N-ethyl adjacent to an activating group) is 1. The number of hydrogen-bond acceptors (Lipinski definition) is 5. The largest absolute Gasteiger partial charge is 0.358 e. The monoisotopic (exact) mass is 239 g/mol. The van der Waals surface area contributed by atoms with Crippen molar-refractivity contribution >= 4 is 5.82 Å². The molecule has 1 aliphatic rings. The lowest BCUT2D eigenvalue weighted by Crippen LogP contribution is -2.45. The smallest absolute Gasteiger partial charge is 0.342 e. The highest BCUT2D eigenvalue weighted by Gasteiger charge is 2.17. The van der Waals surface area contributed by atoms with Crippen molar-refractivity contribution in [3.63, 3.8) is 0 Å². The highest BCUT2D eigenvalue weighted by atomic mass is 16.6. The molecule has 0 N–H and O–H groups in total. The minimum atomic E-state index is -0.392. The zero-order valence-electron chi connectivity index (χ0n) is 9.95. The van der Waals surface area contributed by atoms with Crippen LogP contribution >= 0.6 is 0 Å². The van der Waals surface area contributed by atoms with E-state index in [0.717, 1.165) is 32.7 Å². The number of imidazole rings is 1. The summed E-state index contributed by atoms with van der Waals surface area (Å²) >= 11 is 0. The third-order valence-corrected chi connectivity index (χ3v) is 3.13. The van der Waals surface area contributed by atoms with Crippen LogP contribution in [-0.4, -0.2) is 64.0 Å². The van der Waals surface area contributed by atoms with Crippen LogP contribution in [0.3, 0.4) is 0 Å². The van der Waals surface area contributed by atoms with Crippen molar-refractivity contribution in [2.75, 3.05) is 39.8 Å². The fraction of sp³-hybridized carbons (Fsp3) is 0.700. The summed E-state index contributed by atoms with van der Waals surface area (Å²) in [6.07, 6.45) is 2.82. The molecule has 2 heterocycles. The van der Waals surface area contributed by atoms with E-state index in [2.05, 4.69) is 21.8 Å². The van der Waals surface area contributed by atoms with Gasteiger partial charge in [-0.2, -0.15) is 0 Å². The van der Waals surface area contributed by atoms with Crippen molar-refractivity contribution in [3.05, 3.63) is 22.6 Å². The van der Waals surface area contributed by atoms with Crippen LogP contribution in [0.25, 0.3) is 0 Å². The van der Waals surface area contributed by atoms with Gasteiger partial charge >= 0.3 is 5.82 Å². The van der Waals surface area contributed by atoms with Crippen LogP contribution in [0.5, 0.6) is 0 Å². The van der Waals surface area contributed by atoms with E-state index in [1.807, 2.05) is 0 Å². The van der Waals surface area contributed by atoms with Crippen LogP contribution in [0.15, 0.2) is 12.5 Å². The number of piperazine rings is 1. The molecule has 0 unspecified atom stereocenters. The number of nitro groups is 1. The second kappa shape index (κ2) is 5.24. The Labute approximate surface area is 99.8 Å². The van der Waals surface area contributed by atoms with Crippen molar-refractivity contribution in [2.24, 2.45) is 0 Å². The molecule has 1 aromatic heterocycles. The SMILES string of the molecule is CN1CCN(CCn2cncc2[N+](=O)[O-])CC1. The summed E-state index contributed by atoms with van der Waals surface area (Å²) in [5, 5.41) is 10.7. The summed E-state index contributed by atoms with van der Waals surface area (Å²) in [7, 11) is 2.11. The van der Waals surface area contributed by atoms with Gasteiger partial charge in [-0.25, -0.2) is 9.55 Å². The fourth-order valence-corrected chi connectivity index (χ4v) is 1.96. The zero-order chi connectivity index (χ0) is 12.3. The predicted octanol–water partition coefficient (Wildman–Crippen LogP) is 0.0387. The normalized spacial score (nSPS) is 18.4. The molecule has 0 aromatic carbocycles. The molecule has 0 bridgehead atoms. The van der Waals surface area contributed by atoms with Crippen molar-refractivity contribution in [3.8, 4) is 0 Å². The topological polar surface area (TPSA) is 67.4 Å². The first-order valence-electron chi connectivity index (χ1n) is 5.72. The zero-order valence-corrected chi connectivity index (χ0v) is 9.95. The highest BCUT2D eigenvalue weighted by Crippen LogP contribution is 2.09. The average Bonchev–Trinajstić information content (AvgIpc) is 2.76. The molecule has 1 saturated heterocycles. The first-order chi connectivity index (χ1) is 8.16. The lowest BCUT2D eigenvalue weighted by atomic mass is 10.3. The molecule has 0 aliphatic carbocycles.